The lowest BCUT2D eigenvalue weighted by Crippen LogP contribution is -2.23. The maximum Gasteiger partial charge on any atom is 0.278 e. The van der Waals surface area contributed by atoms with Crippen molar-refractivity contribution in [1.29, 1.82) is 0 Å². The van der Waals surface area contributed by atoms with Crippen molar-refractivity contribution in [2.75, 3.05) is 18.2 Å². The molecular formula is C30H28N4O3S3. The predicted molar refractivity (Wildman–Crippen MR) is 167 cm³/mol. The van der Waals surface area contributed by atoms with Crippen molar-refractivity contribution < 1.29 is 9.53 Å². The molecule has 1 N–H and O–H groups in total. The fraction of sp³-hybridized carbons (Fsp3) is 0.200. The van der Waals surface area contributed by atoms with Gasteiger partial charge in [0.05, 0.1) is 18.6 Å². The summed E-state index contributed by atoms with van der Waals surface area (Å²) in [6.07, 6.45) is 0.801. The molecule has 0 radical (unpaired) electrons. The molecule has 40 heavy (non-hydrogen) atoms. The minimum Gasteiger partial charge on any atom is -0.495 e. The Balaban J connectivity index is 1.63. The SMILES string of the molecule is CCc1ccccc1NC(=O)CSc1nc2c(sc(=S)n2-c2ccc(C)c(C)c2)c(=O)n1-c1ccccc1OC. The first kappa shape index (κ1) is 27.8. The predicted octanol–water partition coefficient (Wildman–Crippen LogP) is 6.89. The molecule has 0 aliphatic heterocycles. The first-order chi connectivity index (χ1) is 19.3. The molecule has 10 heteroatoms. The molecule has 0 unspecified atom stereocenters. The van der Waals surface area contributed by atoms with Gasteiger partial charge in [-0.2, -0.15) is 0 Å². The molecule has 0 aliphatic rings. The molecule has 5 rings (SSSR count). The molecule has 0 atom stereocenters. The van der Waals surface area contributed by atoms with Crippen LogP contribution < -0.4 is 15.6 Å². The average Bonchev–Trinajstić information content (AvgIpc) is 3.29. The number of carbonyl (C=O) groups is 1. The van der Waals surface area contributed by atoms with Crippen LogP contribution in [-0.2, 0) is 11.2 Å². The number of anilines is 1. The molecule has 1 amide bonds. The minimum absolute atomic E-state index is 0.0552. The first-order valence-electron chi connectivity index (χ1n) is 12.7. The van der Waals surface area contributed by atoms with Crippen LogP contribution in [0.2, 0.25) is 0 Å². The molecule has 7 nitrogen and oxygen atoms in total. The Labute approximate surface area is 245 Å². The van der Waals surface area contributed by atoms with Gasteiger partial charge in [-0.3, -0.25) is 18.7 Å². The van der Waals surface area contributed by atoms with Crippen molar-refractivity contribution >= 4 is 57.3 Å². The summed E-state index contributed by atoms with van der Waals surface area (Å²) in [7, 11) is 1.56. The largest absolute Gasteiger partial charge is 0.495 e. The molecule has 0 spiro atoms. The smallest absolute Gasteiger partial charge is 0.278 e. The van der Waals surface area contributed by atoms with Gasteiger partial charge in [-0.15, -0.1) is 0 Å². The van der Waals surface area contributed by atoms with E-state index < -0.39 is 0 Å². The maximum absolute atomic E-state index is 14.1. The van der Waals surface area contributed by atoms with E-state index in [2.05, 4.69) is 5.32 Å². The van der Waals surface area contributed by atoms with Crippen LogP contribution in [0.3, 0.4) is 0 Å². The summed E-state index contributed by atoms with van der Waals surface area (Å²) in [5.74, 6) is 0.383. The third-order valence-corrected chi connectivity index (χ3v) is 8.95. The van der Waals surface area contributed by atoms with Crippen LogP contribution in [0.25, 0.3) is 21.7 Å². The highest BCUT2D eigenvalue weighted by atomic mass is 32.2. The molecular weight excluding hydrogens is 561 g/mol. The van der Waals surface area contributed by atoms with Gasteiger partial charge in [0.25, 0.3) is 5.56 Å². The fourth-order valence-corrected chi connectivity index (χ4v) is 6.52. The molecule has 0 fully saturated rings. The van der Waals surface area contributed by atoms with E-state index in [9.17, 15) is 9.59 Å². The summed E-state index contributed by atoms with van der Waals surface area (Å²) in [5.41, 5.74) is 5.68. The lowest BCUT2D eigenvalue weighted by molar-refractivity contribution is -0.113. The Hall–Kier alpha value is -3.73. The number of nitrogens with one attached hydrogen (secondary N) is 1. The highest BCUT2D eigenvalue weighted by Gasteiger charge is 2.22. The van der Waals surface area contributed by atoms with Crippen molar-refractivity contribution in [2.45, 2.75) is 32.3 Å². The van der Waals surface area contributed by atoms with Crippen molar-refractivity contribution in [3.63, 3.8) is 0 Å². The third kappa shape index (κ3) is 5.34. The van der Waals surface area contributed by atoms with Gasteiger partial charge < -0.3 is 10.1 Å². The molecule has 5 aromatic rings. The quantitative estimate of drug-likeness (QED) is 0.121. The topological polar surface area (TPSA) is 78.2 Å². The van der Waals surface area contributed by atoms with Gasteiger partial charge in [0.15, 0.2) is 14.8 Å². The van der Waals surface area contributed by atoms with Crippen LogP contribution in [0, 0.1) is 17.8 Å². The number of aryl methyl sites for hydroxylation is 3. The normalized spacial score (nSPS) is 11.1. The lowest BCUT2D eigenvalue weighted by Gasteiger charge is -2.16. The first-order valence-corrected chi connectivity index (χ1v) is 14.9. The number of para-hydroxylation sites is 3. The van der Waals surface area contributed by atoms with Gasteiger partial charge in [-0.05, 0) is 79.5 Å². The van der Waals surface area contributed by atoms with E-state index >= 15 is 0 Å². The molecule has 0 bridgehead atoms. The van der Waals surface area contributed by atoms with E-state index in [0.717, 1.165) is 34.5 Å². The molecule has 3 aromatic carbocycles. The van der Waals surface area contributed by atoms with Crippen LogP contribution in [-0.4, -0.2) is 32.9 Å². The number of thioether (sulfide) groups is 1. The number of benzene rings is 3. The number of thiazole rings is 1. The number of hydrogen-bond acceptors (Lipinski definition) is 7. The van der Waals surface area contributed by atoms with Crippen molar-refractivity contribution in [3.05, 3.63) is 97.7 Å². The summed E-state index contributed by atoms with van der Waals surface area (Å²) in [6.45, 7) is 6.13. The number of ether oxygens (including phenoxy) is 1. The average molecular weight is 589 g/mol. The Morgan fingerprint density at radius 1 is 1.05 bits per heavy atom. The molecule has 204 valence electrons. The van der Waals surface area contributed by atoms with Gasteiger partial charge in [-0.25, -0.2) is 4.98 Å². The second kappa shape index (κ2) is 11.8. The van der Waals surface area contributed by atoms with Crippen molar-refractivity contribution in [2.24, 2.45) is 0 Å². The number of nitrogens with zero attached hydrogens (tertiary/aromatic N) is 3. The molecule has 0 aliphatic carbocycles. The highest BCUT2D eigenvalue weighted by Crippen LogP contribution is 2.31. The van der Waals surface area contributed by atoms with Crippen LogP contribution in [0.1, 0.15) is 23.6 Å². The molecule has 0 saturated carbocycles. The van der Waals surface area contributed by atoms with Gasteiger partial charge in [-0.1, -0.05) is 66.4 Å². The van der Waals surface area contributed by atoms with E-state index in [-0.39, 0.29) is 17.2 Å². The van der Waals surface area contributed by atoms with Crippen LogP contribution >= 0.6 is 35.3 Å². The number of aromatic nitrogens is 3. The summed E-state index contributed by atoms with van der Waals surface area (Å²) >= 11 is 8.14. The molecule has 0 saturated heterocycles. The van der Waals surface area contributed by atoms with Gasteiger partial charge in [0.1, 0.15) is 10.4 Å². The number of amides is 1. The number of methoxy groups -OCH3 is 1. The van der Waals surface area contributed by atoms with Crippen LogP contribution in [0.15, 0.2) is 76.7 Å². The van der Waals surface area contributed by atoms with Gasteiger partial charge in [0, 0.05) is 11.4 Å². The lowest BCUT2D eigenvalue weighted by atomic mass is 10.1. The Bertz CT molecular complexity index is 1860. The van der Waals surface area contributed by atoms with Crippen molar-refractivity contribution in [1.82, 2.24) is 14.1 Å². The maximum atomic E-state index is 14.1. The Morgan fingerprint density at radius 2 is 1.80 bits per heavy atom. The second-order valence-corrected chi connectivity index (χ2v) is 11.8. The third-order valence-electron chi connectivity index (χ3n) is 6.66. The zero-order chi connectivity index (χ0) is 28.4. The molecule has 2 aromatic heterocycles. The second-order valence-electron chi connectivity index (χ2n) is 9.18. The summed E-state index contributed by atoms with van der Waals surface area (Å²) in [6, 6.07) is 21.0. The van der Waals surface area contributed by atoms with Gasteiger partial charge in [0.2, 0.25) is 5.91 Å². The summed E-state index contributed by atoms with van der Waals surface area (Å²) < 4.78 is 9.87. The standard InChI is InChI=1S/C30H28N4O3S3/c1-5-20-10-6-7-11-22(20)31-25(35)17-39-29-32-27-26(28(36)34(29)23-12-8-9-13-24(23)37-4)40-30(38)33(27)21-15-14-18(2)19(3)16-21/h6-16H,5,17H2,1-4H3,(H,31,35). The molecule has 2 heterocycles. The van der Waals surface area contributed by atoms with E-state index in [0.29, 0.717) is 30.9 Å². The van der Waals surface area contributed by atoms with E-state index in [1.54, 1.807) is 19.2 Å². The number of hydrogen-bond donors (Lipinski definition) is 1. The van der Waals surface area contributed by atoms with Gasteiger partial charge >= 0.3 is 0 Å². The van der Waals surface area contributed by atoms with Crippen molar-refractivity contribution in [3.8, 4) is 17.1 Å². The number of carbonyl (C=O) groups excluding carboxylic acids is 1. The van der Waals surface area contributed by atoms with E-state index in [1.165, 1.54) is 27.7 Å². The summed E-state index contributed by atoms with van der Waals surface area (Å²) in [5, 5.41) is 3.37. The zero-order valence-corrected chi connectivity index (χ0v) is 25.0. The minimum atomic E-state index is -0.271. The monoisotopic (exact) mass is 588 g/mol. The van der Waals surface area contributed by atoms with E-state index in [1.807, 2.05) is 79.9 Å². The number of rotatable bonds is 8. The highest BCUT2D eigenvalue weighted by molar-refractivity contribution is 7.99. The zero-order valence-electron chi connectivity index (χ0n) is 22.6. The van der Waals surface area contributed by atoms with E-state index in [4.69, 9.17) is 21.9 Å². The number of fused-ring (bicyclic) bond motifs is 1. The van der Waals surface area contributed by atoms with Crippen LogP contribution in [0.4, 0.5) is 5.69 Å². The fourth-order valence-electron chi connectivity index (χ4n) is 4.42. The Morgan fingerprint density at radius 3 is 2.55 bits per heavy atom. The Kier molecular flexibility index (Phi) is 8.20. The van der Waals surface area contributed by atoms with Crippen LogP contribution in [0.5, 0.6) is 5.75 Å². The summed E-state index contributed by atoms with van der Waals surface area (Å²) in [4.78, 5) is 32.0.